The zero-order valence-corrected chi connectivity index (χ0v) is 12.2. The number of methoxy groups -OCH3 is 1. The van der Waals surface area contributed by atoms with Gasteiger partial charge >= 0.3 is 0 Å². The second-order valence-corrected chi connectivity index (χ2v) is 4.86. The predicted molar refractivity (Wildman–Crippen MR) is 81.1 cm³/mol. The molecule has 0 bridgehead atoms. The van der Waals surface area contributed by atoms with Crippen molar-refractivity contribution in [2.24, 2.45) is 0 Å². The molecular formula is C16H17ClFNO. The Hall–Kier alpha value is -1.74. The van der Waals surface area contributed by atoms with E-state index in [4.69, 9.17) is 16.3 Å². The summed E-state index contributed by atoms with van der Waals surface area (Å²) in [6.45, 7) is 2.03. The standard InChI is InChI=1S/C16H17ClFNO/c1-3-13(11-7-4-5-10-15(11)20-2)19-14-9-6-8-12(17)16(14)18/h4-10,13,19H,3H2,1-2H3. The van der Waals surface area contributed by atoms with Crippen molar-refractivity contribution < 1.29 is 9.13 Å². The van der Waals surface area contributed by atoms with Gasteiger partial charge in [0.1, 0.15) is 5.75 Å². The summed E-state index contributed by atoms with van der Waals surface area (Å²) in [5, 5.41) is 3.30. The molecule has 0 saturated carbocycles. The van der Waals surface area contributed by atoms with Crippen LogP contribution in [0.15, 0.2) is 42.5 Å². The third kappa shape index (κ3) is 3.05. The van der Waals surface area contributed by atoms with E-state index < -0.39 is 5.82 Å². The summed E-state index contributed by atoms with van der Waals surface area (Å²) in [4.78, 5) is 0. The Kier molecular flexibility index (Phi) is 4.85. The monoisotopic (exact) mass is 293 g/mol. The van der Waals surface area contributed by atoms with Gasteiger partial charge in [-0.3, -0.25) is 0 Å². The number of nitrogens with one attached hydrogen (secondary N) is 1. The lowest BCUT2D eigenvalue weighted by Crippen LogP contribution is -2.12. The van der Waals surface area contributed by atoms with Crippen molar-refractivity contribution in [1.82, 2.24) is 0 Å². The van der Waals surface area contributed by atoms with E-state index in [9.17, 15) is 4.39 Å². The van der Waals surface area contributed by atoms with Crippen molar-refractivity contribution in [2.45, 2.75) is 19.4 Å². The van der Waals surface area contributed by atoms with E-state index >= 15 is 0 Å². The third-order valence-electron chi connectivity index (χ3n) is 3.20. The quantitative estimate of drug-likeness (QED) is 0.833. The summed E-state index contributed by atoms with van der Waals surface area (Å²) in [5.74, 6) is 0.358. The molecule has 0 aliphatic heterocycles. The summed E-state index contributed by atoms with van der Waals surface area (Å²) >= 11 is 5.81. The van der Waals surface area contributed by atoms with Gasteiger partial charge in [0.2, 0.25) is 0 Å². The zero-order chi connectivity index (χ0) is 14.5. The van der Waals surface area contributed by atoms with Gasteiger partial charge in [0.05, 0.1) is 23.9 Å². The highest BCUT2D eigenvalue weighted by Gasteiger charge is 2.16. The van der Waals surface area contributed by atoms with Crippen molar-refractivity contribution in [1.29, 1.82) is 0 Å². The molecular weight excluding hydrogens is 277 g/mol. The van der Waals surface area contributed by atoms with E-state index in [2.05, 4.69) is 5.32 Å². The molecule has 0 aliphatic rings. The summed E-state index contributed by atoms with van der Waals surface area (Å²) in [6, 6.07) is 12.6. The minimum Gasteiger partial charge on any atom is -0.496 e. The number of rotatable bonds is 5. The van der Waals surface area contributed by atoms with Gasteiger partial charge in [0, 0.05) is 5.56 Å². The molecule has 1 atom stereocenters. The van der Waals surface area contributed by atoms with Crippen LogP contribution >= 0.6 is 11.6 Å². The lowest BCUT2D eigenvalue weighted by molar-refractivity contribution is 0.406. The van der Waals surface area contributed by atoms with Gasteiger partial charge in [-0.1, -0.05) is 42.8 Å². The normalized spacial score (nSPS) is 12.0. The first-order valence-corrected chi connectivity index (χ1v) is 6.88. The van der Waals surface area contributed by atoms with Crippen LogP contribution in [0.4, 0.5) is 10.1 Å². The Labute approximate surface area is 123 Å². The zero-order valence-electron chi connectivity index (χ0n) is 11.5. The average Bonchev–Trinajstić information content (AvgIpc) is 2.49. The van der Waals surface area contributed by atoms with Crippen LogP contribution in [0.2, 0.25) is 5.02 Å². The predicted octanol–water partition coefficient (Wildman–Crippen LogP) is 5.05. The summed E-state index contributed by atoms with van der Waals surface area (Å²) in [7, 11) is 1.63. The first-order valence-electron chi connectivity index (χ1n) is 6.50. The number of benzene rings is 2. The number of hydrogen-bond acceptors (Lipinski definition) is 2. The fourth-order valence-corrected chi connectivity index (χ4v) is 2.33. The van der Waals surface area contributed by atoms with Crippen molar-refractivity contribution >= 4 is 17.3 Å². The molecule has 0 spiro atoms. The van der Waals surface area contributed by atoms with Crippen molar-refractivity contribution in [3.63, 3.8) is 0 Å². The maximum Gasteiger partial charge on any atom is 0.164 e. The molecule has 0 aromatic heterocycles. The molecule has 0 heterocycles. The smallest absolute Gasteiger partial charge is 0.164 e. The Bertz CT molecular complexity index is 588. The Morgan fingerprint density at radius 3 is 2.65 bits per heavy atom. The first kappa shape index (κ1) is 14.7. The molecule has 2 aromatic carbocycles. The largest absolute Gasteiger partial charge is 0.496 e. The van der Waals surface area contributed by atoms with E-state index in [1.165, 1.54) is 6.07 Å². The molecule has 20 heavy (non-hydrogen) atoms. The Morgan fingerprint density at radius 2 is 1.95 bits per heavy atom. The second kappa shape index (κ2) is 6.62. The van der Waals surface area contributed by atoms with Crippen LogP contribution in [-0.2, 0) is 0 Å². The fraction of sp³-hybridized carbons (Fsp3) is 0.250. The van der Waals surface area contributed by atoms with Crippen molar-refractivity contribution in [2.75, 3.05) is 12.4 Å². The van der Waals surface area contributed by atoms with Crippen LogP contribution in [-0.4, -0.2) is 7.11 Å². The number of ether oxygens (including phenoxy) is 1. The fourth-order valence-electron chi connectivity index (χ4n) is 2.16. The Morgan fingerprint density at radius 1 is 1.20 bits per heavy atom. The highest BCUT2D eigenvalue weighted by molar-refractivity contribution is 6.31. The van der Waals surface area contributed by atoms with E-state index in [0.29, 0.717) is 5.69 Å². The molecule has 2 rings (SSSR count). The SMILES string of the molecule is CCC(Nc1cccc(Cl)c1F)c1ccccc1OC. The lowest BCUT2D eigenvalue weighted by atomic mass is 10.0. The van der Waals surface area contributed by atoms with Gasteiger partial charge in [-0.25, -0.2) is 4.39 Å². The molecule has 4 heteroatoms. The van der Waals surface area contributed by atoms with Crippen LogP contribution in [0.25, 0.3) is 0 Å². The molecule has 0 aliphatic carbocycles. The summed E-state index contributed by atoms with van der Waals surface area (Å²) in [6.07, 6.45) is 0.798. The summed E-state index contributed by atoms with van der Waals surface area (Å²) < 4.78 is 19.3. The van der Waals surface area contributed by atoms with E-state index in [-0.39, 0.29) is 11.1 Å². The molecule has 0 fully saturated rings. The highest BCUT2D eigenvalue weighted by Crippen LogP contribution is 2.32. The topological polar surface area (TPSA) is 21.3 Å². The van der Waals surface area contributed by atoms with E-state index in [1.54, 1.807) is 19.2 Å². The summed E-state index contributed by atoms with van der Waals surface area (Å²) in [5.41, 5.74) is 1.40. The van der Waals surface area contributed by atoms with Crippen LogP contribution in [0.1, 0.15) is 24.9 Å². The second-order valence-electron chi connectivity index (χ2n) is 4.45. The van der Waals surface area contributed by atoms with Gasteiger partial charge in [-0.05, 0) is 24.6 Å². The van der Waals surface area contributed by atoms with Gasteiger partial charge in [-0.2, -0.15) is 0 Å². The van der Waals surface area contributed by atoms with Crippen LogP contribution in [0.5, 0.6) is 5.75 Å². The molecule has 0 saturated heterocycles. The van der Waals surface area contributed by atoms with E-state index in [1.807, 2.05) is 31.2 Å². The van der Waals surface area contributed by atoms with Gasteiger partial charge in [0.25, 0.3) is 0 Å². The molecule has 1 N–H and O–H groups in total. The number of anilines is 1. The molecule has 2 nitrogen and oxygen atoms in total. The minimum absolute atomic E-state index is 0.0425. The van der Waals surface area contributed by atoms with Crippen LogP contribution in [0, 0.1) is 5.82 Å². The highest BCUT2D eigenvalue weighted by atomic mass is 35.5. The maximum atomic E-state index is 14.0. The number of para-hydroxylation sites is 1. The molecule has 106 valence electrons. The number of hydrogen-bond donors (Lipinski definition) is 1. The van der Waals surface area contributed by atoms with Gasteiger partial charge < -0.3 is 10.1 Å². The molecule has 0 amide bonds. The molecule has 0 radical (unpaired) electrons. The minimum atomic E-state index is -0.428. The van der Waals surface area contributed by atoms with Crippen molar-refractivity contribution in [3.8, 4) is 5.75 Å². The average molecular weight is 294 g/mol. The lowest BCUT2D eigenvalue weighted by Gasteiger charge is -2.21. The molecule has 2 aromatic rings. The first-order chi connectivity index (χ1) is 9.67. The number of halogens is 2. The van der Waals surface area contributed by atoms with Crippen LogP contribution in [0.3, 0.4) is 0 Å². The van der Waals surface area contributed by atoms with E-state index in [0.717, 1.165) is 17.7 Å². The maximum absolute atomic E-state index is 14.0. The van der Waals surface area contributed by atoms with Gasteiger partial charge in [0.15, 0.2) is 5.82 Å². The van der Waals surface area contributed by atoms with Crippen LogP contribution < -0.4 is 10.1 Å². The Balaban J connectivity index is 2.31. The van der Waals surface area contributed by atoms with Gasteiger partial charge in [-0.15, -0.1) is 0 Å². The third-order valence-corrected chi connectivity index (χ3v) is 3.50. The van der Waals surface area contributed by atoms with Crippen molar-refractivity contribution in [3.05, 3.63) is 58.9 Å². The molecule has 1 unspecified atom stereocenters.